The van der Waals surface area contributed by atoms with Crippen molar-refractivity contribution in [3.05, 3.63) is 88.4 Å². The molecule has 1 heterocycles. The number of amidine groups is 2. The van der Waals surface area contributed by atoms with Gasteiger partial charge >= 0.3 is 5.97 Å². The number of ether oxygens (including phenoxy) is 2. The minimum absolute atomic E-state index is 0.0217. The van der Waals surface area contributed by atoms with E-state index in [4.69, 9.17) is 36.9 Å². The number of hydrogen-bond donors (Lipinski definition) is 5. The number of hydrogen-bond acceptors (Lipinski definition) is 8. The Hall–Kier alpha value is -4.74. The molecule has 1 unspecified atom stereocenters. The van der Waals surface area contributed by atoms with Crippen molar-refractivity contribution in [1.29, 1.82) is 10.8 Å². The summed E-state index contributed by atoms with van der Waals surface area (Å²) in [6.07, 6.45) is 2.88. The van der Waals surface area contributed by atoms with Crippen LogP contribution in [0.15, 0.2) is 71.7 Å². The van der Waals surface area contributed by atoms with Gasteiger partial charge in [0.1, 0.15) is 35.8 Å². The van der Waals surface area contributed by atoms with Crippen molar-refractivity contribution >= 4 is 46.5 Å². The van der Waals surface area contributed by atoms with Crippen LogP contribution in [0.1, 0.15) is 55.7 Å². The van der Waals surface area contributed by atoms with Gasteiger partial charge in [0.25, 0.3) is 0 Å². The van der Waals surface area contributed by atoms with Crippen LogP contribution in [0.4, 0.5) is 5.69 Å². The van der Waals surface area contributed by atoms with Crippen LogP contribution in [0.2, 0.25) is 5.02 Å². The number of methoxy groups -OCH3 is 1. The zero-order valence-corrected chi connectivity index (χ0v) is 27.0. The molecular weight excluding hydrogens is 622 g/mol. The summed E-state index contributed by atoms with van der Waals surface area (Å²) in [6.45, 7) is 1.34. The molecule has 1 saturated carbocycles. The molecule has 0 bridgehead atoms. The molecule has 0 saturated heterocycles. The smallest absolute Gasteiger partial charge is 0.339 e. The van der Waals surface area contributed by atoms with Crippen molar-refractivity contribution in [2.45, 2.75) is 57.2 Å². The second-order valence-electron chi connectivity index (χ2n) is 11.8. The van der Waals surface area contributed by atoms with E-state index in [0.29, 0.717) is 51.9 Å². The lowest BCUT2D eigenvalue weighted by molar-refractivity contribution is -0.169. The molecule has 2 atom stereocenters. The Labute approximate surface area is 278 Å². The molecule has 1 amide bonds. The number of carboxylic acid groups (broad SMARTS) is 1. The summed E-state index contributed by atoms with van der Waals surface area (Å²) in [6, 6.07) is 18.4. The predicted octanol–water partition coefficient (Wildman–Crippen LogP) is 5.44. The van der Waals surface area contributed by atoms with Crippen LogP contribution in [0.25, 0.3) is 0 Å². The number of rotatable bonds is 11. The maximum Gasteiger partial charge on any atom is 0.339 e. The average molecular weight is 660 g/mol. The van der Waals surface area contributed by atoms with E-state index in [-0.39, 0.29) is 43.1 Å². The monoisotopic (exact) mass is 659 g/mol. The summed E-state index contributed by atoms with van der Waals surface area (Å²) in [5, 5.41) is 41.6. The summed E-state index contributed by atoms with van der Waals surface area (Å²) in [4.78, 5) is 31.6. The molecule has 11 nitrogen and oxygen atoms in total. The Morgan fingerprint density at radius 1 is 1.09 bits per heavy atom. The van der Waals surface area contributed by atoms with Crippen molar-refractivity contribution < 1.29 is 29.3 Å². The van der Waals surface area contributed by atoms with E-state index in [1.54, 1.807) is 68.6 Å². The molecule has 12 heteroatoms. The van der Waals surface area contributed by atoms with E-state index in [9.17, 15) is 19.8 Å². The average Bonchev–Trinajstić information content (AvgIpc) is 3.58. The van der Waals surface area contributed by atoms with E-state index >= 15 is 0 Å². The Balaban J connectivity index is 1.33. The minimum atomic E-state index is -1.97. The van der Waals surface area contributed by atoms with Gasteiger partial charge in [-0.25, -0.2) is 4.79 Å². The lowest BCUT2D eigenvalue weighted by atomic mass is 9.87. The number of carbonyl (C=O) groups is 2. The molecule has 3 aromatic carbocycles. The fraction of sp³-hybridized carbons (Fsp3) is 0.343. The van der Waals surface area contributed by atoms with E-state index in [0.717, 1.165) is 18.4 Å². The number of nitrogens with one attached hydrogen (secondary N) is 3. The highest BCUT2D eigenvalue weighted by Gasteiger charge is 2.46. The number of carboxylic acids is 1. The van der Waals surface area contributed by atoms with Gasteiger partial charge in [-0.05, 0) is 67.8 Å². The molecular formula is C35H38ClN5O6. The number of aliphatic carboxylic acids is 1. The van der Waals surface area contributed by atoms with Crippen molar-refractivity contribution in [2.75, 3.05) is 18.6 Å². The van der Waals surface area contributed by atoms with Crippen LogP contribution in [-0.4, -0.2) is 64.8 Å². The molecule has 0 aromatic heterocycles. The van der Waals surface area contributed by atoms with Gasteiger partial charge in [-0.3, -0.25) is 25.5 Å². The number of carbonyl (C=O) groups excluding carboxylic acids is 1. The number of fused-ring (bicyclic) bond motifs is 1. The number of halogens is 1. The topological polar surface area (TPSA) is 168 Å². The number of benzodiazepines with no additional fused rings is 1. The molecule has 1 aliphatic carbocycles. The van der Waals surface area contributed by atoms with E-state index in [1.807, 2.05) is 12.1 Å². The first-order valence-electron chi connectivity index (χ1n) is 15.4. The summed E-state index contributed by atoms with van der Waals surface area (Å²) in [5.74, 6) is -0.994. The van der Waals surface area contributed by atoms with Crippen LogP contribution < -0.4 is 19.7 Å². The van der Waals surface area contributed by atoms with Crippen LogP contribution in [0, 0.1) is 16.7 Å². The zero-order chi connectivity index (χ0) is 33.7. The maximum absolute atomic E-state index is 13.3. The fourth-order valence-corrected chi connectivity index (χ4v) is 6.20. The van der Waals surface area contributed by atoms with Gasteiger partial charge in [0.05, 0.1) is 24.9 Å². The second-order valence-corrected chi connectivity index (χ2v) is 12.3. The third-order valence-corrected chi connectivity index (χ3v) is 8.87. The predicted molar refractivity (Wildman–Crippen MR) is 180 cm³/mol. The molecule has 5 N–H and O–H groups in total. The third kappa shape index (κ3) is 7.47. The van der Waals surface area contributed by atoms with E-state index < -0.39 is 17.6 Å². The van der Waals surface area contributed by atoms with Gasteiger partial charge in [0.15, 0.2) is 5.60 Å². The van der Waals surface area contributed by atoms with Gasteiger partial charge in [0, 0.05) is 28.6 Å². The summed E-state index contributed by atoms with van der Waals surface area (Å²) in [7, 11) is 1.56. The molecule has 0 spiro atoms. The van der Waals surface area contributed by atoms with Gasteiger partial charge in [-0.15, -0.1) is 0 Å². The molecule has 246 valence electrons. The lowest BCUT2D eigenvalue weighted by Crippen LogP contribution is -2.50. The number of amides is 1. The Bertz CT molecular complexity index is 1700. The van der Waals surface area contributed by atoms with Gasteiger partial charge in [-0.1, -0.05) is 48.7 Å². The van der Waals surface area contributed by atoms with Crippen molar-refractivity contribution in [1.82, 2.24) is 5.32 Å². The molecule has 5 rings (SSSR count). The first-order chi connectivity index (χ1) is 22.5. The van der Waals surface area contributed by atoms with Gasteiger partial charge in [-0.2, -0.15) is 0 Å². The van der Waals surface area contributed by atoms with Crippen LogP contribution in [-0.2, 0) is 16.1 Å². The van der Waals surface area contributed by atoms with Crippen LogP contribution in [0.5, 0.6) is 11.5 Å². The van der Waals surface area contributed by atoms with Crippen molar-refractivity contribution in [2.24, 2.45) is 10.9 Å². The highest BCUT2D eigenvalue weighted by atomic mass is 35.5. The van der Waals surface area contributed by atoms with Gasteiger partial charge in [0.2, 0.25) is 5.91 Å². The van der Waals surface area contributed by atoms with Crippen molar-refractivity contribution in [3.8, 4) is 11.5 Å². The quantitative estimate of drug-likeness (QED) is 0.135. The van der Waals surface area contributed by atoms with E-state index in [2.05, 4.69) is 5.32 Å². The third-order valence-electron chi connectivity index (χ3n) is 8.62. The summed E-state index contributed by atoms with van der Waals surface area (Å²) in [5.41, 5.74) is 1.21. The van der Waals surface area contributed by atoms with Crippen LogP contribution >= 0.6 is 11.6 Å². The first kappa shape index (κ1) is 33.6. The second kappa shape index (κ2) is 14.4. The zero-order valence-electron chi connectivity index (χ0n) is 26.3. The van der Waals surface area contributed by atoms with Crippen LogP contribution in [0.3, 0.4) is 0 Å². The highest BCUT2D eigenvalue weighted by Crippen LogP contribution is 2.35. The Morgan fingerprint density at radius 2 is 1.81 bits per heavy atom. The molecule has 47 heavy (non-hydrogen) atoms. The lowest BCUT2D eigenvalue weighted by Gasteiger charge is -2.29. The molecule has 0 radical (unpaired) electrons. The van der Waals surface area contributed by atoms with Crippen molar-refractivity contribution in [3.63, 3.8) is 0 Å². The largest absolute Gasteiger partial charge is 0.497 e. The standard InChI is InChI=1S/C35H38ClN5O6/c1-21(37)41-30-15-14-26(46-2)17-28(30)32(23-10-12-25(36)13-11-23)40-29(33(41)38)18-31(42)39-19-22-6-5-9-27(16-22)47-20-35(45,34(43)44)24-7-3-4-8-24/h5-6,9-17,24,29,37-38,45H,3-4,7-8,18-20H2,1-2H3,(H,39,42)(H,43,44)/t29-,35?/m0/s1. The Kier molecular flexibility index (Phi) is 10.3. The Morgan fingerprint density at radius 3 is 2.47 bits per heavy atom. The fourth-order valence-electron chi connectivity index (χ4n) is 6.08. The van der Waals surface area contributed by atoms with E-state index in [1.165, 1.54) is 4.90 Å². The van der Waals surface area contributed by atoms with Gasteiger partial charge < -0.3 is 25.0 Å². The highest BCUT2D eigenvalue weighted by molar-refractivity contribution is 6.31. The molecule has 3 aromatic rings. The molecule has 2 aliphatic rings. The number of aliphatic imine (C=N–C) groups is 1. The minimum Gasteiger partial charge on any atom is -0.497 e. The first-order valence-corrected chi connectivity index (χ1v) is 15.8. The number of anilines is 1. The molecule has 1 aliphatic heterocycles. The number of benzene rings is 3. The number of nitrogens with zero attached hydrogens (tertiary/aromatic N) is 2. The summed E-state index contributed by atoms with van der Waals surface area (Å²) >= 11 is 6.16. The normalized spacial score (nSPS) is 17.6. The molecule has 1 fully saturated rings. The maximum atomic E-state index is 13.3. The summed E-state index contributed by atoms with van der Waals surface area (Å²) < 4.78 is 11.2. The SMILES string of the molecule is COc1ccc2c(c1)C(c1ccc(Cl)cc1)=N[C@@H](CC(=O)NCc1cccc(OCC(O)(C(=O)O)C3CCCC3)c1)C(=N)N2C(C)=N. The number of aliphatic hydroxyl groups is 1.